The highest BCUT2D eigenvalue weighted by Crippen LogP contribution is 2.54. The van der Waals surface area contributed by atoms with E-state index in [2.05, 4.69) is 78.9 Å². The molecule has 4 heteroatoms. The third kappa shape index (κ3) is 4.99. The standard InChI is InChI=1S/C44H32O4/c1-2-47-38(45)27-48-44-40-33(24-22-31-18-10-12-20-35(31)40)26-37(29-15-7-4-8-16-29)42(44)41-36(28-13-5-3-6-14-28)25-32-23-21-30-17-9-11-19-34(30)39(32)43(41)46/h3-26,46H,2,27H2,1H3. The number of ether oxygens (including phenoxy) is 2. The van der Waals surface area contributed by atoms with Crippen LogP contribution in [0.5, 0.6) is 11.5 Å². The van der Waals surface area contributed by atoms with Gasteiger partial charge in [0, 0.05) is 21.9 Å². The summed E-state index contributed by atoms with van der Waals surface area (Å²) in [6, 6.07) is 49.2. The second-order valence-corrected chi connectivity index (χ2v) is 11.9. The van der Waals surface area contributed by atoms with Crippen LogP contribution in [-0.2, 0) is 9.53 Å². The Morgan fingerprint density at radius 1 is 0.562 bits per heavy atom. The first kappa shape index (κ1) is 29.3. The number of rotatable bonds is 7. The van der Waals surface area contributed by atoms with Gasteiger partial charge in [0.2, 0.25) is 0 Å². The molecule has 4 nitrogen and oxygen atoms in total. The number of benzene rings is 8. The third-order valence-electron chi connectivity index (χ3n) is 9.05. The molecule has 8 aromatic rings. The van der Waals surface area contributed by atoms with E-state index in [0.717, 1.165) is 65.3 Å². The SMILES string of the molecule is CCOC(=O)COc1c(-c2c(-c3ccccc3)cc3ccc4ccccc4c3c2O)c(-c2ccccc2)cc2ccc3ccccc3c12. The molecule has 0 aromatic heterocycles. The molecule has 0 atom stereocenters. The molecule has 232 valence electrons. The van der Waals surface area contributed by atoms with Gasteiger partial charge in [0.1, 0.15) is 11.5 Å². The number of phenols is 1. The van der Waals surface area contributed by atoms with Crippen molar-refractivity contribution < 1.29 is 19.4 Å². The van der Waals surface area contributed by atoms with Crippen molar-refractivity contribution in [3.63, 3.8) is 0 Å². The van der Waals surface area contributed by atoms with Gasteiger partial charge in [-0.25, -0.2) is 4.79 Å². The Labute approximate surface area is 278 Å². The van der Waals surface area contributed by atoms with Gasteiger partial charge in [-0.3, -0.25) is 0 Å². The molecule has 0 unspecified atom stereocenters. The van der Waals surface area contributed by atoms with E-state index in [4.69, 9.17) is 9.47 Å². The number of fused-ring (bicyclic) bond motifs is 6. The Morgan fingerprint density at radius 2 is 1.04 bits per heavy atom. The molecule has 0 spiro atoms. The Kier molecular flexibility index (Phi) is 7.46. The first-order valence-electron chi connectivity index (χ1n) is 16.2. The second kappa shape index (κ2) is 12.2. The largest absolute Gasteiger partial charge is 0.507 e. The minimum Gasteiger partial charge on any atom is -0.507 e. The summed E-state index contributed by atoms with van der Waals surface area (Å²) >= 11 is 0. The van der Waals surface area contributed by atoms with Crippen LogP contribution in [-0.4, -0.2) is 24.3 Å². The molecule has 0 aliphatic carbocycles. The maximum absolute atomic E-state index is 12.9. The van der Waals surface area contributed by atoms with Crippen molar-refractivity contribution in [3.05, 3.63) is 146 Å². The molecule has 8 aromatic carbocycles. The van der Waals surface area contributed by atoms with Crippen molar-refractivity contribution in [1.29, 1.82) is 0 Å². The minimum atomic E-state index is -0.459. The summed E-state index contributed by atoms with van der Waals surface area (Å²) in [5.41, 5.74) is 4.99. The van der Waals surface area contributed by atoms with E-state index in [1.165, 1.54) is 0 Å². The van der Waals surface area contributed by atoms with Gasteiger partial charge in [0.15, 0.2) is 6.61 Å². The fourth-order valence-electron chi connectivity index (χ4n) is 6.96. The third-order valence-corrected chi connectivity index (χ3v) is 9.05. The average molecular weight is 625 g/mol. The molecular formula is C44H32O4. The molecule has 0 amide bonds. The Balaban J connectivity index is 1.59. The van der Waals surface area contributed by atoms with Crippen LogP contribution in [0.4, 0.5) is 0 Å². The summed E-state index contributed by atoms with van der Waals surface area (Å²) in [5.74, 6) is 0.211. The van der Waals surface area contributed by atoms with Crippen molar-refractivity contribution in [2.75, 3.05) is 13.2 Å². The zero-order valence-electron chi connectivity index (χ0n) is 26.4. The van der Waals surface area contributed by atoms with E-state index in [1.807, 2.05) is 66.7 Å². The van der Waals surface area contributed by atoms with Crippen molar-refractivity contribution in [2.24, 2.45) is 0 Å². The number of aromatic hydroxyl groups is 1. The molecule has 0 saturated heterocycles. The fraction of sp³-hybridized carbons (Fsp3) is 0.0682. The number of hydrogen-bond acceptors (Lipinski definition) is 4. The molecule has 0 aliphatic heterocycles. The maximum atomic E-state index is 12.9. The number of carbonyl (C=O) groups excluding carboxylic acids is 1. The smallest absolute Gasteiger partial charge is 0.344 e. The summed E-state index contributed by atoms with van der Waals surface area (Å²) in [6.45, 7) is 1.75. The van der Waals surface area contributed by atoms with Gasteiger partial charge >= 0.3 is 5.97 Å². The summed E-state index contributed by atoms with van der Waals surface area (Å²) in [7, 11) is 0. The lowest BCUT2D eigenvalue weighted by molar-refractivity contribution is -0.145. The molecule has 1 N–H and O–H groups in total. The maximum Gasteiger partial charge on any atom is 0.344 e. The van der Waals surface area contributed by atoms with Crippen molar-refractivity contribution in [2.45, 2.75) is 6.92 Å². The number of phenolic OH excluding ortho intramolecular Hbond substituents is 1. The van der Waals surface area contributed by atoms with Gasteiger partial charge in [0.25, 0.3) is 0 Å². The van der Waals surface area contributed by atoms with Crippen LogP contribution in [0.25, 0.3) is 76.5 Å². The molecule has 0 fully saturated rings. The summed E-state index contributed by atoms with van der Waals surface area (Å²) in [4.78, 5) is 12.9. The summed E-state index contributed by atoms with van der Waals surface area (Å²) < 4.78 is 12.0. The fourth-order valence-corrected chi connectivity index (χ4v) is 6.96. The van der Waals surface area contributed by atoms with Gasteiger partial charge in [-0.05, 0) is 73.6 Å². The molecule has 0 saturated carbocycles. The van der Waals surface area contributed by atoms with E-state index in [0.29, 0.717) is 16.9 Å². The summed E-state index contributed by atoms with van der Waals surface area (Å²) in [6.07, 6.45) is 0. The Morgan fingerprint density at radius 3 is 1.62 bits per heavy atom. The van der Waals surface area contributed by atoms with E-state index in [9.17, 15) is 9.90 Å². The molecule has 0 radical (unpaired) electrons. The predicted octanol–water partition coefficient (Wildman–Crippen LogP) is 10.9. The van der Waals surface area contributed by atoms with E-state index in [1.54, 1.807) is 6.92 Å². The van der Waals surface area contributed by atoms with E-state index >= 15 is 0 Å². The highest BCUT2D eigenvalue weighted by molar-refractivity contribution is 6.20. The minimum absolute atomic E-state index is 0.154. The Hall–Kier alpha value is -6.13. The van der Waals surface area contributed by atoms with Crippen molar-refractivity contribution in [3.8, 4) is 44.9 Å². The van der Waals surface area contributed by atoms with Gasteiger partial charge in [-0.1, -0.05) is 133 Å². The highest BCUT2D eigenvalue weighted by Gasteiger charge is 2.27. The Bertz CT molecular complexity index is 2480. The lowest BCUT2D eigenvalue weighted by Crippen LogP contribution is -2.15. The molecule has 0 heterocycles. The van der Waals surface area contributed by atoms with Gasteiger partial charge in [-0.15, -0.1) is 0 Å². The highest BCUT2D eigenvalue weighted by atomic mass is 16.6. The first-order valence-corrected chi connectivity index (χ1v) is 16.2. The van der Waals surface area contributed by atoms with E-state index in [-0.39, 0.29) is 19.0 Å². The second-order valence-electron chi connectivity index (χ2n) is 11.9. The first-order chi connectivity index (χ1) is 23.6. The van der Waals surface area contributed by atoms with Gasteiger partial charge in [0.05, 0.1) is 6.61 Å². The average Bonchev–Trinajstić information content (AvgIpc) is 3.14. The summed E-state index contributed by atoms with van der Waals surface area (Å²) in [5, 5.41) is 20.3. The number of hydrogen-bond donors (Lipinski definition) is 1. The molecule has 48 heavy (non-hydrogen) atoms. The predicted molar refractivity (Wildman–Crippen MR) is 197 cm³/mol. The van der Waals surface area contributed by atoms with Crippen LogP contribution in [0.3, 0.4) is 0 Å². The normalized spacial score (nSPS) is 11.4. The van der Waals surface area contributed by atoms with Crippen LogP contribution < -0.4 is 4.74 Å². The van der Waals surface area contributed by atoms with Gasteiger partial charge in [-0.2, -0.15) is 0 Å². The van der Waals surface area contributed by atoms with Crippen LogP contribution in [0.2, 0.25) is 0 Å². The van der Waals surface area contributed by atoms with Crippen LogP contribution >= 0.6 is 0 Å². The number of esters is 1. The van der Waals surface area contributed by atoms with Gasteiger partial charge < -0.3 is 14.6 Å². The van der Waals surface area contributed by atoms with Crippen molar-refractivity contribution in [1.82, 2.24) is 0 Å². The van der Waals surface area contributed by atoms with E-state index < -0.39 is 5.97 Å². The van der Waals surface area contributed by atoms with Crippen LogP contribution in [0.15, 0.2) is 146 Å². The molecule has 8 rings (SSSR count). The quantitative estimate of drug-likeness (QED) is 0.142. The zero-order chi connectivity index (χ0) is 32.6. The molecule has 0 bridgehead atoms. The van der Waals surface area contributed by atoms with Crippen molar-refractivity contribution >= 4 is 49.1 Å². The topological polar surface area (TPSA) is 55.8 Å². The number of carbonyl (C=O) groups is 1. The monoisotopic (exact) mass is 624 g/mol. The lowest BCUT2D eigenvalue weighted by atomic mass is 9.83. The molecule has 0 aliphatic rings. The lowest BCUT2D eigenvalue weighted by Gasteiger charge is -2.24. The van der Waals surface area contributed by atoms with Crippen LogP contribution in [0.1, 0.15) is 6.92 Å². The van der Waals surface area contributed by atoms with Crippen LogP contribution in [0, 0.1) is 0 Å². The molecular weight excluding hydrogens is 592 g/mol. The zero-order valence-corrected chi connectivity index (χ0v) is 26.4.